The lowest BCUT2D eigenvalue weighted by atomic mass is 9.92. The Kier molecular flexibility index (Phi) is 13.1. The Labute approximate surface area is 295 Å². The van der Waals surface area contributed by atoms with Gasteiger partial charge in [0.25, 0.3) is 11.5 Å². The summed E-state index contributed by atoms with van der Waals surface area (Å²) >= 11 is 2.53. The van der Waals surface area contributed by atoms with E-state index >= 15 is 0 Å². The van der Waals surface area contributed by atoms with Gasteiger partial charge < -0.3 is 30.0 Å². The number of hydrogen-bond donors (Lipinski definition) is 5. The van der Waals surface area contributed by atoms with Crippen molar-refractivity contribution < 1.29 is 38.2 Å². The summed E-state index contributed by atoms with van der Waals surface area (Å²) in [4.78, 5) is 56.4. The minimum Gasteiger partial charge on any atom is -0.481 e. The quantitative estimate of drug-likeness (QED) is 0.0993. The molecule has 0 aliphatic carbocycles. The third-order valence-electron chi connectivity index (χ3n) is 6.78. The fourth-order valence-electron chi connectivity index (χ4n) is 4.55. The molecule has 21 heteroatoms. The first-order chi connectivity index (χ1) is 23.2. The molecule has 17 nitrogen and oxygen atoms in total. The largest absolute Gasteiger partial charge is 0.481 e. The molecule has 2 aliphatic heterocycles. The van der Waals surface area contributed by atoms with E-state index in [9.17, 15) is 23.3 Å². The van der Waals surface area contributed by atoms with Crippen LogP contribution in [0.1, 0.15) is 46.1 Å². The van der Waals surface area contributed by atoms with Crippen molar-refractivity contribution in [2.24, 2.45) is 10.4 Å². The van der Waals surface area contributed by atoms with Gasteiger partial charge in [-0.2, -0.15) is 9.05 Å². The summed E-state index contributed by atoms with van der Waals surface area (Å²) in [6.07, 6.45) is 7.41. The van der Waals surface area contributed by atoms with Crippen molar-refractivity contribution in [2.75, 3.05) is 43.0 Å². The lowest BCUT2D eigenvalue weighted by molar-refractivity contribution is -0.135. The predicted molar refractivity (Wildman–Crippen MR) is 185 cm³/mol. The van der Waals surface area contributed by atoms with E-state index < -0.39 is 32.2 Å². The molecule has 0 atom stereocenters. The van der Waals surface area contributed by atoms with Crippen LogP contribution in [0.2, 0.25) is 0 Å². The zero-order valence-electron chi connectivity index (χ0n) is 28.2. The van der Waals surface area contributed by atoms with Crippen LogP contribution in [-0.4, -0.2) is 82.8 Å². The maximum atomic E-state index is 14.5. The molecule has 3 aromatic rings. The van der Waals surface area contributed by atoms with E-state index in [1.807, 2.05) is 25.3 Å². The molecule has 0 fully saturated rings. The van der Waals surface area contributed by atoms with Gasteiger partial charge in [0, 0.05) is 36.0 Å². The van der Waals surface area contributed by atoms with Crippen molar-refractivity contribution in [3.8, 4) is 18.1 Å². The molecule has 2 aliphatic rings. The van der Waals surface area contributed by atoms with Gasteiger partial charge in [0.05, 0.1) is 25.1 Å². The minimum absolute atomic E-state index is 0.0964. The smallest absolute Gasteiger partial charge is 0.339 e. The van der Waals surface area contributed by atoms with Gasteiger partial charge in [-0.1, -0.05) is 52.3 Å². The van der Waals surface area contributed by atoms with Crippen molar-refractivity contribution >= 4 is 54.1 Å². The summed E-state index contributed by atoms with van der Waals surface area (Å²) in [6, 6.07) is 2.76. The molecule has 0 saturated heterocycles. The summed E-state index contributed by atoms with van der Waals surface area (Å²) in [5.41, 5.74) is 0.453. The van der Waals surface area contributed by atoms with Crippen LogP contribution >= 0.6 is 30.9 Å². The van der Waals surface area contributed by atoms with Crippen molar-refractivity contribution in [1.82, 2.24) is 29.1 Å². The number of halogens is 1. The number of benzene rings is 1. The maximum Gasteiger partial charge on any atom is 0.339 e. The van der Waals surface area contributed by atoms with Crippen molar-refractivity contribution in [2.45, 2.75) is 58.2 Å². The second-order valence-corrected chi connectivity index (χ2v) is 15.9. The minimum atomic E-state index is -4.10. The topological polar surface area (TPSA) is 240 Å². The summed E-state index contributed by atoms with van der Waals surface area (Å²) in [5.74, 6) is 7.35. The fourth-order valence-corrected chi connectivity index (χ4v) is 6.11. The standard InChI is InChI=1S/C18H17FN4O2S.C8H14N4OS.C3H8NO5P/c1-4-5-22-13-7-12(11(19)6-14(13)25-9-16(22)24)20-17-23-10-18(2,3)8-15(23)21-26-17;1-8(2,3)5-6(13)12(9)7(14-4)11-10-5;5-3(6)1-4-2-10(7,8)9/h1,6-7H,5,8-10H2,2-3H3;9H2,1-4H3;4H,1-2H2,(H,5,6)(H2,7,8,9). The third kappa shape index (κ3) is 10.7. The number of carboxylic acid groups (broad SMARTS) is 1. The Morgan fingerprint density at radius 2 is 1.98 bits per heavy atom. The SMILES string of the molecule is C#CCN1C(=O)COc2cc(F)c(N=c3snc4n3CC(C)(C)C4)cc21.CSc1nnc(C(C)(C)C)c(=O)n1N.O=C(O)CNCP(=O)(O)O. The molecule has 2 aromatic heterocycles. The molecule has 272 valence electrons. The van der Waals surface area contributed by atoms with E-state index in [-0.39, 0.29) is 41.1 Å². The number of aromatic nitrogens is 5. The average molecular weight is 756 g/mol. The van der Waals surface area contributed by atoms with Gasteiger partial charge in [-0.05, 0) is 17.7 Å². The molecule has 0 spiro atoms. The molecule has 1 aromatic carbocycles. The Morgan fingerprint density at radius 1 is 1.30 bits per heavy atom. The Bertz CT molecular complexity index is 1960. The van der Waals surface area contributed by atoms with Crippen LogP contribution < -0.4 is 31.2 Å². The van der Waals surface area contributed by atoms with Crippen LogP contribution in [0, 0.1) is 23.6 Å². The second-order valence-electron chi connectivity index (χ2n) is 12.8. The summed E-state index contributed by atoms with van der Waals surface area (Å²) in [5, 5.41) is 18.2. The molecule has 50 heavy (non-hydrogen) atoms. The molecular formula is C29H39FN9O8PS2. The Morgan fingerprint density at radius 3 is 2.56 bits per heavy atom. The number of fused-ring (bicyclic) bond motifs is 2. The number of terminal acetylenes is 1. The highest BCUT2D eigenvalue weighted by atomic mass is 32.2. The summed E-state index contributed by atoms with van der Waals surface area (Å²) < 4.78 is 37.4. The first-order valence-electron chi connectivity index (χ1n) is 14.7. The highest BCUT2D eigenvalue weighted by Crippen LogP contribution is 2.37. The normalized spacial score (nSPS) is 15.1. The number of anilines is 1. The van der Waals surface area contributed by atoms with Crippen LogP contribution in [-0.2, 0) is 32.5 Å². The molecule has 4 heterocycles. The third-order valence-corrected chi connectivity index (χ3v) is 8.84. The van der Waals surface area contributed by atoms with Gasteiger partial charge in [0.2, 0.25) is 9.96 Å². The number of nitrogens with two attached hydrogens (primary N) is 1. The molecule has 1 amide bonds. The number of amides is 1. The van der Waals surface area contributed by atoms with Gasteiger partial charge in [-0.25, -0.2) is 9.38 Å². The van der Waals surface area contributed by atoms with Gasteiger partial charge in [0.15, 0.2) is 12.4 Å². The number of nitrogens with zero attached hydrogens (tertiary/aromatic N) is 7. The molecular weight excluding hydrogens is 716 g/mol. The van der Waals surface area contributed by atoms with E-state index in [2.05, 4.69) is 44.6 Å². The number of carbonyl (C=O) groups is 2. The van der Waals surface area contributed by atoms with Crippen molar-refractivity contribution in [1.29, 1.82) is 0 Å². The van der Waals surface area contributed by atoms with Gasteiger partial charge in [-0.3, -0.25) is 29.2 Å². The van der Waals surface area contributed by atoms with Crippen LogP contribution in [0.25, 0.3) is 0 Å². The molecule has 0 radical (unpaired) electrons. The number of nitrogens with one attached hydrogen (secondary N) is 1. The highest BCUT2D eigenvalue weighted by Gasteiger charge is 2.31. The first kappa shape index (κ1) is 40.3. The number of carboxylic acids is 1. The zero-order valence-corrected chi connectivity index (χ0v) is 30.7. The van der Waals surface area contributed by atoms with E-state index in [1.165, 1.54) is 40.3 Å². The number of thioether (sulfide) groups is 1. The van der Waals surface area contributed by atoms with Crippen LogP contribution in [0.5, 0.6) is 5.75 Å². The summed E-state index contributed by atoms with van der Waals surface area (Å²) in [7, 11) is -4.10. The number of nitrogen functional groups attached to an aromatic ring is 1. The lowest BCUT2D eigenvalue weighted by Gasteiger charge is -2.28. The monoisotopic (exact) mass is 755 g/mol. The van der Waals surface area contributed by atoms with E-state index in [4.69, 9.17) is 31.9 Å². The number of rotatable bonds is 7. The van der Waals surface area contributed by atoms with Crippen LogP contribution in [0.4, 0.5) is 15.8 Å². The van der Waals surface area contributed by atoms with Gasteiger partial charge >= 0.3 is 13.6 Å². The van der Waals surface area contributed by atoms with Crippen molar-refractivity contribution in [3.63, 3.8) is 0 Å². The van der Waals surface area contributed by atoms with Gasteiger partial charge in [-0.15, -0.1) is 16.6 Å². The molecule has 5 rings (SSSR count). The number of hydrogen-bond acceptors (Lipinski definition) is 13. The van der Waals surface area contributed by atoms with E-state index in [0.717, 1.165) is 23.5 Å². The molecule has 0 saturated carbocycles. The molecule has 6 N–H and O–H groups in total. The predicted octanol–water partition coefficient (Wildman–Crippen LogP) is 1.42. The lowest BCUT2D eigenvalue weighted by Crippen LogP contribution is -2.39. The highest BCUT2D eigenvalue weighted by molar-refractivity contribution is 7.98. The second kappa shape index (κ2) is 16.3. The maximum absolute atomic E-state index is 14.5. The fraction of sp³-hybridized carbons (Fsp3) is 0.483. The molecule has 0 unspecified atom stereocenters. The summed E-state index contributed by atoms with van der Waals surface area (Å²) in [6.45, 7) is 10.3. The first-order valence-corrected chi connectivity index (χ1v) is 18.5. The number of carbonyl (C=O) groups excluding carboxylic acids is 1. The van der Waals surface area contributed by atoms with Crippen LogP contribution in [0.3, 0.4) is 0 Å². The van der Waals surface area contributed by atoms with E-state index in [0.29, 0.717) is 27.1 Å². The zero-order chi connectivity index (χ0) is 37.6. The van der Waals surface area contributed by atoms with Crippen molar-refractivity contribution in [3.05, 3.63) is 44.6 Å². The van der Waals surface area contributed by atoms with E-state index in [1.54, 1.807) is 6.26 Å². The number of ether oxygens (including phenoxy) is 1. The number of aliphatic carboxylic acids is 1. The van der Waals surface area contributed by atoms with Crippen LogP contribution in [0.15, 0.2) is 27.1 Å². The Balaban J connectivity index is 0.000000237. The Hall–Kier alpha value is -4.12. The molecule has 0 bridgehead atoms. The average Bonchev–Trinajstić information content (AvgIpc) is 3.50. The van der Waals surface area contributed by atoms with Gasteiger partial charge in [0.1, 0.15) is 23.0 Å².